The van der Waals surface area contributed by atoms with Crippen molar-refractivity contribution in [3.8, 4) is 66.8 Å². The maximum atomic E-state index is 6.42. The summed E-state index contributed by atoms with van der Waals surface area (Å²) in [4.78, 5) is 0. The van der Waals surface area contributed by atoms with Crippen molar-refractivity contribution in [2.75, 3.05) is 132 Å². The Labute approximate surface area is 814 Å². The van der Waals surface area contributed by atoms with E-state index in [2.05, 4.69) is 295 Å². The molecule has 2 aromatic heterocycles. The molecule has 14 nitrogen and oxygen atoms in total. The molecule has 138 heavy (non-hydrogen) atoms. The lowest BCUT2D eigenvalue weighted by Gasteiger charge is -2.40. The summed E-state index contributed by atoms with van der Waals surface area (Å²) >= 11 is 0. The van der Waals surface area contributed by atoms with Crippen molar-refractivity contribution in [2.24, 2.45) is 21.7 Å². The van der Waals surface area contributed by atoms with E-state index in [0.29, 0.717) is 26.4 Å². The number of benzene rings is 14. The molecule has 0 atom stereocenters. The molecule has 4 saturated heterocycles. The second-order valence-corrected chi connectivity index (χ2v) is 39.5. The summed E-state index contributed by atoms with van der Waals surface area (Å²) in [6, 6.07) is 97.4. The first-order valence-corrected chi connectivity index (χ1v) is 51.2. The number of hydrogen-bond donors (Lipinski definition) is 0. The van der Waals surface area contributed by atoms with E-state index in [9.17, 15) is 0 Å². The van der Waals surface area contributed by atoms with Gasteiger partial charge >= 0.3 is 0 Å². The second kappa shape index (κ2) is 46.1. The van der Waals surface area contributed by atoms with E-state index in [0.717, 1.165) is 307 Å². The van der Waals surface area contributed by atoms with Crippen molar-refractivity contribution in [2.45, 2.75) is 157 Å². The third kappa shape index (κ3) is 22.3. The Kier molecular flexibility index (Phi) is 32.1. The summed E-state index contributed by atoms with van der Waals surface area (Å²) < 4.78 is 82.9. The predicted molar refractivity (Wildman–Crippen MR) is 562 cm³/mol. The first kappa shape index (κ1) is 96.1. The van der Waals surface area contributed by atoms with Gasteiger partial charge in [-0.2, -0.15) is 0 Å². The topological polar surface area (TPSA) is 137 Å². The Hall–Kier alpha value is -10.8. The van der Waals surface area contributed by atoms with Gasteiger partial charge in [0.05, 0.1) is 106 Å². The number of rotatable bonds is 50. The summed E-state index contributed by atoms with van der Waals surface area (Å²) in [5.74, 6) is 0. The Balaban J connectivity index is 0.000000176. The van der Waals surface area contributed by atoms with E-state index in [-0.39, 0.29) is 21.7 Å². The molecule has 0 aliphatic carbocycles. The van der Waals surface area contributed by atoms with Gasteiger partial charge in [-0.3, -0.25) is 0 Å². The maximum absolute atomic E-state index is 6.42. The van der Waals surface area contributed by atoms with Crippen molar-refractivity contribution in [1.82, 2.24) is 0 Å². The molecule has 0 radical (unpaired) electrons. The lowest BCUT2D eigenvalue weighted by Crippen LogP contribution is -2.45. The average Bonchev–Trinajstić information content (AvgIpc) is 0.927. The Morgan fingerprint density at radius 1 is 0.210 bits per heavy atom. The molecule has 0 spiro atoms. The van der Waals surface area contributed by atoms with E-state index < -0.39 is 0 Å². The van der Waals surface area contributed by atoms with Gasteiger partial charge in [-0.1, -0.05) is 252 Å². The van der Waals surface area contributed by atoms with Gasteiger partial charge in [0.2, 0.25) is 0 Å². The van der Waals surface area contributed by atoms with Crippen LogP contribution in [0.2, 0.25) is 0 Å². The molecular formula is C124H136O14. The molecule has 14 aromatic carbocycles. The zero-order valence-electron chi connectivity index (χ0n) is 81.4. The standard InChI is InChI=1S/2C62H68O7/c1-3-61(41-67-42-61)39-65-34-13-5-11-32-63-37-45-22-25-48(26-23-45)58-51-16-7-9-18-53(51)59(54-19-10-8-17-52(54)58)49-29-27-47(28-30-49)50-20-15-21-57-60(50)55-36-46(24-31-56(55)69-57)38-64-33-12-6-14-35-66-40-62(4-2)43-68-44-62;1-3-61(41-67-42-61)39-65-33-13-5-11-31-63-37-45-19-22-48(23-20-45)59-51-15-7-9-17-53(51)60(54-18-10-8-16-52(54)59)49-26-24-47(25-27-49)50-28-30-58-56(36-50)55-35-46(21-29-57(55)69-58)38-64-32-12-6-14-34-66-40-62(4-2)43-68-44-62/h7-10,15-31,36H,3-6,11-14,32-35,37-44H2,1-2H3;7-10,15-30,35-36H,3-6,11-14,31-34,37-44H2,1-2H3. The minimum atomic E-state index is 0.254. The van der Waals surface area contributed by atoms with E-state index >= 15 is 0 Å². The second-order valence-electron chi connectivity index (χ2n) is 39.5. The lowest BCUT2D eigenvalue weighted by atomic mass is 9.84. The summed E-state index contributed by atoms with van der Waals surface area (Å²) in [7, 11) is 0. The van der Waals surface area contributed by atoms with Crippen LogP contribution in [0, 0.1) is 21.7 Å². The minimum absolute atomic E-state index is 0.254. The maximum Gasteiger partial charge on any atom is 0.136 e. The normalized spacial score (nSPS) is 15.3. The van der Waals surface area contributed by atoms with Gasteiger partial charge in [0, 0.05) is 96.1 Å². The minimum Gasteiger partial charge on any atom is -0.456 e. The largest absolute Gasteiger partial charge is 0.456 e. The van der Waals surface area contributed by atoms with Gasteiger partial charge in [-0.05, 0) is 277 Å². The van der Waals surface area contributed by atoms with Gasteiger partial charge < -0.3 is 65.7 Å². The summed E-state index contributed by atoms with van der Waals surface area (Å²) in [6.07, 6.45) is 17.3. The Morgan fingerprint density at radius 2 is 0.471 bits per heavy atom. The molecule has 6 heterocycles. The quantitative estimate of drug-likeness (QED) is 0.0264. The number of furan rings is 2. The summed E-state index contributed by atoms with van der Waals surface area (Å²) in [5.41, 5.74) is 23.8. The first-order valence-electron chi connectivity index (χ1n) is 51.2. The van der Waals surface area contributed by atoms with E-state index in [1.54, 1.807) is 0 Å². The third-order valence-corrected chi connectivity index (χ3v) is 29.7. The number of unbranched alkanes of at least 4 members (excludes halogenated alkanes) is 8. The fourth-order valence-electron chi connectivity index (χ4n) is 20.4. The van der Waals surface area contributed by atoms with Crippen LogP contribution in [0.4, 0.5) is 0 Å². The van der Waals surface area contributed by atoms with Crippen molar-refractivity contribution >= 4 is 87.0 Å². The zero-order valence-corrected chi connectivity index (χ0v) is 81.4. The smallest absolute Gasteiger partial charge is 0.136 e. The predicted octanol–water partition coefficient (Wildman–Crippen LogP) is 30.3. The number of ether oxygens (including phenoxy) is 12. The van der Waals surface area contributed by atoms with Crippen LogP contribution >= 0.6 is 0 Å². The molecule has 4 aliphatic rings. The molecule has 0 bridgehead atoms. The van der Waals surface area contributed by atoms with Crippen LogP contribution in [-0.4, -0.2) is 132 Å². The lowest BCUT2D eigenvalue weighted by molar-refractivity contribution is -0.150. The van der Waals surface area contributed by atoms with Gasteiger partial charge in [0.15, 0.2) is 0 Å². The van der Waals surface area contributed by atoms with Crippen LogP contribution in [0.3, 0.4) is 0 Å². The molecule has 16 aromatic rings. The molecule has 0 saturated carbocycles. The van der Waals surface area contributed by atoms with Crippen LogP contribution in [-0.2, 0) is 83.3 Å². The molecule has 0 N–H and O–H groups in total. The van der Waals surface area contributed by atoms with Crippen LogP contribution < -0.4 is 0 Å². The van der Waals surface area contributed by atoms with Gasteiger partial charge in [0.1, 0.15) is 22.3 Å². The molecule has 4 fully saturated rings. The van der Waals surface area contributed by atoms with E-state index in [1.807, 2.05) is 0 Å². The highest BCUT2D eigenvalue weighted by atomic mass is 16.5. The van der Waals surface area contributed by atoms with Crippen molar-refractivity contribution in [1.29, 1.82) is 0 Å². The van der Waals surface area contributed by atoms with Gasteiger partial charge in [-0.15, -0.1) is 0 Å². The fourth-order valence-corrected chi connectivity index (χ4v) is 20.4. The van der Waals surface area contributed by atoms with E-state index in [1.165, 1.54) is 104 Å². The van der Waals surface area contributed by atoms with Crippen LogP contribution in [0.25, 0.3) is 154 Å². The molecule has 20 rings (SSSR count). The number of fused-ring (bicyclic) bond motifs is 10. The average molecular weight is 1850 g/mol. The van der Waals surface area contributed by atoms with E-state index in [4.69, 9.17) is 65.7 Å². The van der Waals surface area contributed by atoms with Gasteiger partial charge in [-0.25, -0.2) is 0 Å². The molecule has 4 aliphatic heterocycles. The van der Waals surface area contributed by atoms with Crippen LogP contribution in [0.1, 0.15) is 153 Å². The van der Waals surface area contributed by atoms with Crippen LogP contribution in [0.5, 0.6) is 0 Å². The summed E-state index contributed by atoms with van der Waals surface area (Å²) in [6.45, 7) is 27.5. The highest BCUT2D eigenvalue weighted by molar-refractivity contribution is 6.23. The van der Waals surface area contributed by atoms with Crippen LogP contribution in [0.15, 0.2) is 276 Å². The van der Waals surface area contributed by atoms with Crippen molar-refractivity contribution in [3.63, 3.8) is 0 Å². The highest BCUT2D eigenvalue weighted by Crippen LogP contribution is 2.49. The first-order chi connectivity index (χ1) is 68.1. The fraction of sp³-hybridized carbons (Fsp3) is 0.387. The SMILES string of the molecule is CCC1(COCCCCCOCc2ccc(-c3c4ccccc4c(-c4ccc(-c5ccc6oc7ccc(COCCCCCOCC8(CC)COC8)cc7c6c5)cc4)c4ccccc34)cc2)COC1.CCC1(COCCCCCOCc2ccc(-c3c4ccccc4c(-c4ccc(-c5cccc6oc7ccc(COCCCCCOCC8(CC)COC8)cc7c56)cc4)c4ccccc34)cc2)COC1. The summed E-state index contributed by atoms with van der Waals surface area (Å²) in [5, 5.41) is 14.4. The molecule has 14 heteroatoms. The molecule has 0 amide bonds. The Bertz CT molecular complexity index is 6560. The third-order valence-electron chi connectivity index (χ3n) is 29.7. The number of hydrogen-bond acceptors (Lipinski definition) is 14. The van der Waals surface area contributed by atoms with Crippen molar-refractivity contribution < 1.29 is 65.7 Å². The molecule has 0 unspecified atom stereocenters. The molecular weight excluding hydrogens is 1710 g/mol. The monoisotopic (exact) mass is 1850 g/mol. The van der Waals surface area contributed by atoms with Gasteiger partial charge in [0.25, 0.3) is 0 Å². The zero-order chi connectivity index (χ0) is 93.8. The highest BCUT2D eigenvalue weighted by Gasteiger charge is 2.40. The molecule has 716 valence electrons. The Morgan fingerprint density at radius 3 is 0.797 bits per heavy atom. The van der Waals surface area contributed by atoms with Crippen molar-refractivity contribution in [3.05, 3.63) is 289 Å².